The first-order valence-electron chi connectivity index (χ1n) is 6.44. The van der Waals surface area contributed by atoms with Crippen molar-refractivity contribution in [3.05, 3.63) is 16.6 Å². The summed E-state index contributed by atoms with van der Waals surface area (Å²) in [6.45, 7) is 7.21. The van der Waals surface area contributed by atoms with E-state index in [1.165, 1.54) is 30.8 Å². The van der Waals surface area contributed by atoms with Crippen molar-refractivity contribution in [1.82, 2.24) is 15.2 Å². The SMILES string of the molecule is CNC(Cc1cncs1)C(C)(C)N1CCCC1. The number of nitrogens with zero attached hydrogens (tertiary/aromatic N) is 2. The molecule has 96 valence electrons. The van der Waals surface area contributed by atoms with E-state index in [1.807, 2.05) is 11.7 Å². The lowest BCUT2D eigenvalue weighted by Gasteiger charge is -2.42. The van der Waals surface area contributed by atoms with E-state index in [9.17, 15) is 0 Å². The third-order valence-corrected chi connectivity index (χ3v) is 4.81. The average Bonchev–Trinajstić information content (AvgIpc) is 2.98. The van der Waals surface area contributed by atoms with Gasteiger partial charge < -0.3 is 5.32 Å². The van der Waals surface area contributed by atoms with Crippen LogP contribution in [0.25, 0.3) is 0 Å². The van der Waals surface area contributed by atoms with E-state index in [0.29, 0.717) is 6.04 Å². The van der Waals surface area contributed by atoms with Gasteiger partial charge in [-0.3, -0.25) is 9.88 Å². The number of aromatic nitrogens is 1. The summed E-state index contributed by atoms with van der Waals surface area (Å²) in [5.41, 5.74) is 2.14. The minimum absolute atomic E-state index is 0.218. The molecule has 1 saturated heterocycles. The second-order valence-corrected chi connectivity index (χ2v) is 6.33. The quantitative estimate of drug-likeness (QED) is 0.871. The summed E-state index contributed by atoms with van der Waals surface area (Å²) in [4.78, 5) is 8.16. The van der Waals surface area contributed by atoms with Crippen LogP contribution in [-0.2, 0) is 6.42 Å². The molecule has 0 aliphatic carbocycles. The maximum atomic E-state index is 4.17. The Morgan fingerprint density at radius 2 is 2.18 bits per heavy atom. The summed E-state index contributed by atoms with van der Waals surface area (Å²) in [6, 6.07) is 0.487. The lowest BCUT2D eigenvalue weighted by molar-refractivity contribution is 0.110. The van der Waals surface area contributed by atoms with Gasteiger partial charge in [0.25, 0.3) is 0 Å². The molecule has 0 amide bonds. The summed E-state index contributed by atoms with van der Waals surface area (Å²) in [5.74, 6) is 0. The fourth-order valence-electron chi connectivity index (χ4n) is 2.76. The Morgan fingerprint density at radius 1 is 1.47 bits per heavy atom. The van der Waals surface area contributed by atoms with E-state index in [-0.39, 0.29) is 5.54 Å². The van der Waals surface area contributed by atoms with Crippen molar-refractivity contribution in [1.29, 1.82) is 0 Å². The highest BCUT2D eigenvalue weighted by atomic mass is 32.1. The monoisotopic (exact) mass is 253 g/mol. The number of rotatable bonds is 5. The van der Waals surface area contributed by atoms with Gasteiger partial charge in [0.2, 0.25) is 0 Å². The van der Waals surface area contributed by atoms with Gasteiger partial charge in [0.1, 0.15) is 0 Å². The molecule has 1 aromatic heterocycles. The standard InChI is InChI=1S/C13H23N3S/c1-13(2,16-6-4-5-7-16)12(14-3)8-11-9-15-10-17-11/h9-10,12,14H,4-8H2,1-3H3. The predicted molar refractivity (Wildman–Crippen MR) is 73.6 cm³/mol. The minimum Gasteiger partial charge on any atom is -0.315 e. The molecule has 1 atom stereocenters. The first-order chi connectivity index (χ1) is 8.14. The zero-order valence-corrected chi connectivity index (χ0v) is 11.9. The Hall–Kier alpha value is -0.450. The number of likely N-dealkylation sites (tertiary alicyclic amines) is 1. The fourth-order valence-corrected chi connectivity index (χ4v) is 3.40. The van der Waals surface area contributed by atoms with Crippen LogP contribution in [0, 0.1) is 0 Å². The molecule has 1 aliphatic heterocycles. The minimum atomic E-state index is 0.218. The summed E-state index contributed by atoms with van der Waals surface area (Å²) >= 11 is 1.76. The summed E-state index contributed by atoms with van der Waals surface area (Å²) in [7, 11) is 2.07. The van der Waals surface area contributed by atoms with Crippen molar-refractivity contribution < 1.29 is 0 Å². The summed E-state index contributed by atoms with van der Waals surface area (Å²) < 4.78 is 0. The molecule has 3 nitrogen and oxygen atoms in total. The molecule has 1 aromatic rings. The van der Waals surface area contributed by atoms with Gasteiger partial charge in [0.15, 0.2) is 0 Å². The number of nitrogens with one attached hydrogen (secondary N) is 1. The molecule has 0 radical (unpaired) electrons. The highest BCUT2D eigenvalue weighted by Gasteiger charge is 2.35. The summed E-state index contributed by atoms with van der Waals surface area (Å²) in [6.07, 6.45) is 5.76. The van der Waals surface area contributed by atoms with Crippen LogP contribution in [0.5, 0.6) is 0 Å². The van der Waals surface area contributed by atoms with E-state index in [4.69, 9.17) is 0 Å². The third-order valence-electron chi connectivity index (χ3n) is 4.01. The van der Waals surface area contributed by atoms with Crippen LogP contribution >= 0.6 is 11.3 Å². The molecular formula is C13H23N3S. The van der Waals surface area contributed by atoms with Crippen molar-refractivity contribution in [2.45, 2.75) is 44.7 Å². The molecule has 2 rings (SSSR count). The van der Waals surface area contributed by atoms with Gasteiger partial charge in [-0.25, -0.2) is 0 Å². The zero-order valence-electron chi connectivity index (χ0n) is 11.1. The van der Waals surface area contributed by atoms with Crippen molar-refractivity contribution in [3.63, 3.8) is 0 Å². The predicted octanol–water partition coefficient (Wildman–Crippen LogP) is 2.15. The van der Waals surface area contributed by atoms with Crippen molar-refractivity contribution in [2.75, 3.05) is 20.1 Å². The maximum absolute atomic E-state index is 4.17. The van der Waals surface area contributed by atoms with E-state index in [2.05, 4.69) is 36.1 Å². The van der Waals surface area contributed by atoms with Crippen molar-refractivity contribution >= 4 is 11.3 Å². The van der Waals surface area contributed by atoms with Crippen LogP contribution in [0.15, 0.2) is 11.7 Å². The molecule has 1 aliphatic rings. The molecule has 0 spiro atoms. The first kappa shape index (κ1) is 13.0. The van der Waals surface area contributed by atoms with Crippen LogP contribution in [0.3, 0.4) is 0 Å². The fraction of sp³-hybridized carbons (Fsp3) is 0.769. The highest BCUT2D eigenvalue weighted by molar-refractivity contribution is 7.09. The topological polar surface area (TPSA) is 28.2 Å². The Labute approximate surface area is 108 Å². The molecule has 2 heterocycles. The van der Waals surface area contributed by atoms with E-state index in [0.717, 1.165) is 6.42 Å². The van der Waals surface area contributed by atoms with Crippen LogP contribution in [-0.4, -0.2) is 41.6 Å². The molecule has 1 fully saturated rings. The van der Waals surface area contributed by atoms with Gasteiger partial charge in [0, 0.05) is 29.1 Å². The maximum Gasteiger partial charge on any atom is 0.0794 e. The van der Waals surface area contributed by atoms with Gasteiger partial charge in [0.05, 0.1) is 5.51 Å². The van der Waals surface area contributed by atoms with Gasteiger partial charge >= 0.3 is 0 Å². The Balaban J connectivity index is 2.05. The molecule has 0 saturated carbocycles. The van der Waals surface area contributed by atoms with Gasteiger partial charge in [-0.05, 0) is 46.8 Å². The molecule has 1 N–H and O–H groups in total. The molecule has 1 unspecified atom stereocenters. The van der Waals surface area contributed by atoms with E-state index >= 15 is 0 Å². The van der Waals surface area contributed by atoms with Crippen LogP contribution in [0.1, 0.15) is 31.6 Å². The Morgan fingerprint density at radius 3 is 2.71 bits per heavy atom. The molecule has 4 heteroatoms. The molecule has 0 aromatic carbocycles. The molecule has 0 bridgehead atoms. The van der Waals surface area contributed by atoms with E-state index < -0.39 is 0 Å². The van der Waals surface area contributed by atoms with Crippen LogP contribution in [0.4, 0.5) is 0 Å². The number of thiazole rings is 1. The Bertz CT molecular complexity index is 328. The normalized spacial score (nSPS) is 19.7. The number of hydrogen-bond acceptors (Lipinski definition) is 4. The van der Waals surface area contributed by atoms with Crippen molar-refractivity contribution in [3.8, 4) is 0 Å². The lowest BCUT2D eigenvalue weighted by Crippen LogP contribution is -2.56. The van der Waals surface area contributed by atoms with Crippen molar-refractivity contribution in [2.24, 2.45) is 0 Å². The molecular weight excluding hydrogens is 230 g/mol. The first-order valence-corrected chi connectivity index (χ1v) is 7.32. The molecule has 17 heavy (non-hydrogen) atoms. The highest BCUT2D eigenvalue weighted by Crippen LogP contribution is 2.26. The zero-order chi connectivity index (χ0) is 12.3. The number of likely N-dealkylation sites (N-methyl/N-ethyl adjacent to an activating group) is 1. The number of hydrogen-bond donors (Lipinski definition) is 1. The largest absolute Gasteiger partial charge is 0.315 e. The van der Waals surface area contributed by atoms with Crippen LogP contribution < -0.4 is 5.32 Å². The lowest BCUT2D eigenvalue weighted by atomic mass is 9.90. The second kappa shape index (κ2) is 5.46. The van der Waals surface area contributed by atoms with Crippen LogP contribution in [0.2, 0.25) is 0 Å². The second-order valence-electron chi connectivity index (χ2n) is 5.36. The van der Waals surface area contributed by atoms with Gasteiger partial charge in [-0.15, -0.1) is 11.3 Å². The Kier molecular flexibility index (Phi) is 4.17. The van der Waals surface area contributed by atoms with Gasteiger partial charge in [-0.1, -0.05) is 0 Å². The average molecular weight is 253 g/mol. The van der Waals surface area contributed by atoms with Gasteiger partial charge in [-0.2, -0.15) is 0 Å². The van der Waals surface area contributed by atoms with E-state index in [1.54, 1.807) is 11.3 Å². The third kappa shape index (κ3) is 2.87. The smallest absolute Gasteiger partial charge is 0.0794 e. The summed E-state index contributed by atoms with van der Waals surface area (Å²) in [5, 5.41) is 3.49.